The summed E-state index contributed by atoms with van der Waals surface area (Å²) in [6, 6.07) is 3.23. The Morgan fingerprint density at radius 3 is 2.29 bits per heavy atom. The van der Waals surface area contributed by atoms with E-state index in [1.54, 1.807) is 19.9 Å². The third-order valence-electron chi connectivity index (χ3n) is 3.09. The molecule has 1 aromatic carbocycles. The van der Waals surface area contributed by atoms with Gasteiger partial charge in [-0.1, -0.05) is 26.8 Å². The van der Waals surface area contributed by atoms with Crippen molar-refractivity contribution in [2.45, 2.75) is 41.0 Å². The van der Waals surface area contributed by atoms with Gasteiger partial charge in [0.2, 0.25) is 10.0 Å². The van der Waals surface area contributed by atoms with Crippen LogP contribution in [-0.4, -0.2) is 25.2 Å². The molecule has 0 saturated heterocycles. The molecule has 0 radical (unpaired) electrons. The fraction of sp³-hybridized carbons (Fsp3) is 0.533. The van der Waals surface area contributed by atoms with Crippen molar-refractivity contribution in [1.82, 2.24) is 0 Å². The maximum atomic E-state index is 12.2. The van der Waals surface area contributed by atoms with Gasteiger partial charge in [0.1, 0.15) is 0 Å². The van der Waals surface area contributed by atoms with Crippen LogP contribution in [0, 0.1) is 19.3 Å². The molecule has 0 amide bonds. The number of carboxylic acid groups (broad SMARTS) is 1. The van der Waals surface area contributed by atoms with Crippen molar-refractivity contribution in [1.29, 1.82) is 0 Å². The minimum Gasteiger partial charge on any atom is -0.478 e. The number of nitrogens with one attached hydrogen (secondary N) is 1. The van der Waals surface area contributed by atoms with Crippen LogP contribution >= 0.6 is 0 Å². The Morgan fingerprint density at radius 1 is 1.24 bits per heavy atom. The summed E-state index contributed by atoms with van der Waals surface area (Å²) in [5, 5.41) is 9.24. The van der Waals surface area contributed by atoms with Gasteiger partial charge in [0.05, 0.1) is 17.0 Å². The molecule has 0 aliphatic heterocycles. The maximum Gasteiger partial charge on any atom is 0.337 e. The number of hydrogen-bond donors (Lipinski definition) is 2. The molecule has 0 bridgehead atoms. The number of hydrogen-bond acceptors (Lipinski definition) is 3. The largest absolute Gasteiger partial charge is 0.478 e. The lowest BCUT2D eigenvalue weighted by Crippen LogP contribution is -2.22. The summed E-state index contributed by atoms with van der Waals surface area (Å²) >= 11 is 0. The third-order valence-corrected chi connectivity index (χ3v) is 4.35. The number of aromatic carboxylic acids is 1. The molecule has 0 aromatic heterocycles. The molecule has 6 heteroatoms. The fourth-order valence-electron chi connectivity index (χ4n) is 1.92. The molecule has 0 atom stereocenters. The van der Waals surface area contributed by atoms with Crippen molar-refractivity contribution in [2.24, 2.45) is 5.41 Å². The lowest BCUT2D eigenvalue weighted by molar-refractivity contribution is 0.0698. The number of anilines is 1. The topological polar surface area (TPSA) is 83.5 Å². The summed E-state index contributed by atoms with van der Waals surface area (Å²) in [7, 11) is -3.57. The smallest absolute Gasteiger partial charge is 0.337 e. The van der Waals surface area contributed by atoms with Crippen molar-refractivity contribution in [3.8, 4) is 0 Å². The maximum absolute atomic E-state index is 12.2. The zero-order valence-electron chi connectivity index (χ0n) is 13.1. The zero-order valence-corrected chi connectivity index (χ0v) is 14.0. The molecule has 21 heavy (non-hydrogen) atoms. The highest BCUT2D eigenvalue weighted by Crippen LogP contribution is 2.25. The number of carbonyl (C=O) groups is 1. The fourth-order valence-corrected chi connectivity index (χ4v) is 3.48. The zero-order chi connectivity index (χ0) is 16.4. The summed E-state index contributed by atoms with van der Waals surface area (Å²) in [4.78, 5) is 11.3. The van der Waals surface area contributed by atoms with Crippen molar-refractivity contribution in [3.05, 3.63) is 28.8 Å². The van der Waals surface area contributed by atoms with Gasteiger partial charge in [-0.05, 0) is 42.9 Å². The Bertz CT molecular complexity index is 642. The van der Waals surface area contributed by atoms with Crippen LogP contribution in [-0.2, 0) is 10.0 Å². The van der Waals surface area contributed by atoms with Crippen molar-refractivity contribution in [3.63, 3.8) is 0 Å². The van der Waals surface area contributed by atoms with E-state index >= 15 is 0 Å². The van der Waals surface area contributed by atoms with E-state index in [9.17, 15) is 18.3 Å². The second kappa shape index (κ2) is 6.05. The molecule has 0 heterocycles. The van der Waals surface area contributed by atoms with Crippen LogP contribution in [0.5, 0.6) is 0 Å². The van der Waals surface area contributed by atoms with Crippen LogP contribution in [0.4, 0.5) is 5.69 Å². The minimum atomic E-state index is -3.57. The molecule has 2 N–H and O–H groups in total. The normalized spacial score (nSPS) is 12.2. The number of aryl methyl sites for hydroxylation is 2. The van der Waals surface area contributed by atoms with Crippen molar-refractivity contribution < 1.29 is 18.3 Å². The predicted octanol–water partition coefficient (Wildman–Crippen LogP) is 3.18. The Labute approximate surface area is 126 Å². The third kappa shape index (κ3) is 5.38. The van der Waals surface area contributed by atoms with Gasteiger partial charge in [-0.2, -0.15) is 0 Å². The van der Waals surface area contributed by atoms with Gasteiger partial charge < -0.3 is 5.11 Å². The van der Waals surface area contributed by atoms with Gasteiger partial charge in [0.25, 0.3) is 0 Å². The van der Waals surface area contributed by atoms with Gasteiger partial charge >= 0.3 is 5.97 Å². The number of rotatable bonds is 5. The summed E-state index contributed by atoms with van der Waals surface area (Å²) in [6.45, 7) is 9.35. The quantitative estimate of drug-likeness (QED) is 0.874. The van der Waals surface area contributed by atoms with E-state index in [0.29, 0.717) is 12.0 Å². The second-order valence-electron chi connectivity index (χ2n) is 6.54. The van der Waals surface area contributed by atoms with E-state index in [1.807, 2.05) is 20.8 Å². The van der Waals surface area contributed by atoms with Crippen molar-refractivity contribution in [2.75, 3.05) is 10.5 Å². The SMILES string of the molecule is Cc1cc(C)c(NS(=O)(=O)CCC(C)(C)C)c(C(=O)O)c1. The van der Waals surface area contributed by atoms with E-state index in [4.69, 9.17) is 0 Å². The lowest BCUT2D eigenvalue weighted by Gasteiger charge is -2.19. The highest BCUT2D eigenvalue weighted by Gasteiger charge is 2.21. The van der Waals surface area contributed by atoms with Crippen LogP contribution in [0.2, 0.25) is 0 Å². The minimum absolute atomic E-state index is 0.0215. The first kappa shape index (κ1) is 17.5. The first-order valence-electron chi connectivity index (χ1n) is 6.76. The van der Waals surface area contributed by atoms with Gasteiger partial charge in [0, 0.05) is 0 Å². The predicted molar refractivity (Wildman–Crippen MR) is 84.4 cm³/mol. The Balaban J connectivity index is 3.10. The first-order valence-corrected chi connectivity index (χ1v) is 8.41. The second-order valence-corrected chi connectivity index (χ2v) is 8.38. The molecule has 118 valence electrons. The summed E-state index contributed by atoms with van der Waals surface area (Å²) in [6.07, 6.45) is 0.496. The molecule has 1 rings (SSSR count). The molecule has 0 fully saturated rings. The van der Waals surface area contributed by atoms with E-state index in [2.05, 4.69) is 4.72 Å². The van der Waals surface area contributed by atoms with Gasteiger partial charge in [-0.25, -0.2) is 13.2 Å². The molecule has 0 aliphatic rings. The molecule has 0 saturated carbocycles. The molecule has 0 unspecified atom stereocenters. The van der Waals surface area contributed by atoms with Crippen LogP contribution < -0.4 is 4.72 Å². The number of carboxylic acids is 1. The number of benzene rings is 1. The number of sulfonamides is 1. The van der Waals surface area contributed by atoms with E-state index in [0.717, 1.165) is 5.56 Å². The van der Waals surface area contributed by atoms with Gasteiger partial charge in [-0.3, -0.25) is 4.72 Å². The van der Waals surface area contributed by atoms with Crippen LogP contribution in [0.15, 0.2) is 12.1 Å². The van der Waals surface area contributed by atoms with Gasteiger partial charge in [0.15, 0.2) is 0 Å². The molecule has 0 spiro atoms. The molecular formula is C15H23NO4S. The van der Waals surface area contributed by atoms with E-state index in [-0.39, 0.29) is 22.4 Å². The Morgan fingerprint density at radius 2 is 1.81 bits per heavy atom. The lowest BCUT2D eigenvalue weighted by atomic mass is 9.94. The average Bonchev–Trinajstić information content (AvgIpc) is 2.29. The molecular weight excluding hydrogens is 290 g/mol. The first-order chi connectivity index (χ1) is 9.41. The highest BCUT2D eigenvalue weighted by molar-refractivity contribution is 7.92. The van der Waals surface area contributed by atoms with Crippen LogP contribution in [0.3, 0.4) is 0 Å². The molecule has 5 nitrogen and oxygen atoms in total. The van der Waals surface area contributed by atoms with E-state index < -0.39 is 16.0 Å². The Hall–Kier alpha value is -1.56. The van der Waals surface area contributed by atoms with E-state index in [1.165, 1.54) is 6.07 Å². The summed E-state index contributed by atoms with van der Waals surface area (Å²) in [5.41, 5.74) is 1.41. The standard InChI is InChI=1S/C15H23NO4S/c1-10-8-11(2)13(12(9-10)14(17)18)16-21(19,20)7-6-15(3,4)5/h8-9,16H,6-7H2,1-5H3,(H,17,18). The van der Waals surface area contributed by atoms with Crippen LogP contribution in [0.1, 0.15) is 48.7 Å². The Kier molecular flexibility index (Phi) is 5.04. The van der Waals surface area contributed by atoms with Crippen LogP contribution in [0.25, 0.3) is 0 Å². The summed E-state index contributed by atoms with van der Waals surface area (Å²) < 4.78 is 26.7. The van der Waals surface area contributed by atoms with Crippen molar-refractivity contribution >= 4 is 21.7 Å². The summed E-state index contributed by atoms with van der Waals surface area (Å²) in [5.74, 6) is -1.18. The molecule has 1 aromatic rings. The van der Waals surface area contributed by atoms with Gasteiger partial charge in [-0.15, -0.1) is 0 Å². The highest BCUT2D eigenvalue weighted by atomic mass is 32.2. The molecule has 0 aliphatic carbocycles. The average molecular weight is 313 g/mol. The monoisotopic (exact) mass is 313 g/mol.